The lowest BCUT2D eigenvalue weighted by molar-refractivity contribution is 0.184. The van der Waals surface area contributed by atoms with E-state index in [2.05, 4.69) is 10.3 Å². The molecular weight excluding hydrogens is 274 g/mol. The Kier molecular flexibility index (Phi) is 4.68. The van der Waals surface area contributed by atoms with Crippen LogP contribution in [0.15, 0.2) is 54.9 Å². The van der Waals surface area contributed by atoms with Gasteiger partial charge >= 0.3 is 6.03 Å². The number of hydrogen-bond donors (Lipinski definition) is 1. The SMILES string of the molecule is O=C(Nc1ccccc1)N(Cc1cccnc1)C1CCCC1. The first kappa shape index (κ1) is 14.6. The van der Waals surface area contributed by atoms with Gasteiger partial charge in [-0.05, 0) is 36.6 Å². The van der Waals surface area contributed by atoms with Crippen LogP contribution in [-0.4, -0.2) is 22.0 Å². The molecule has 0 atom stereocenters. The molecule has 0 unspecified atom stereocenters. The van der Waals surface area contributed by atoms with Crippen LogP contribution < -0.4 is 5.32 Å². The van der Waals surface area contributed by atoms with E-state index in [0.29, 0.717) is 12.6 Å². The molecule has 2 amide bonds. The topological polar surface area (TPSA) is 45.2 Å². The Morgan fingerprint density at radius 3 is 2.59 bits per heavy atom. The molecule has 0 radical (unpaired) electrons. The summed E-state index contributed by atoms with van der Waals surface area (Å²) < 4.78 is 0. The third-order valence-corrected chi connectivity index (χ3v) is 4.13. The normalized spacial score (nSPS) is 14.7. The zero-order valence-corrected chi connectivity index (χ0v) is 12.6. The summed E-state index contributed by atoms with van der Waals surface area (Å²) in [7, 11) is 0. The van der Waals surface area contributed by atoms with E-state index in [9.17, 15) is 4.79 Å². The molecule has 1 aromatic carbocycles. The van der Waals surface area contributed by atoms with Crippen LogP contribution in [-0.2, 0) is 6.54 Å². The number of amides is 2. The average Bonchev–Trinajstić information content (AvgIpc) is 3.08. The molecule has 2 aromatic rings. The lowest BCUT2D eigenvalue weighted by atomic mass is 10.2. The highest BCUT2D eigenvalue weighted by molar-refractivity contribution is 5.89. The van der Waals surface area contributed by atoms with E-state index in [1.54, 1.807) is 6.20 Å². The highest BCUT2D eigenvalue weighted by Gasteiger charge is 2.26. The molecule has 1 aromatic heterocycles. The number of rotatable bonds is 4. The third-order valence-electron chi connectivity index (χ3n) is 4.13. The van der Waals surface area contributed by atoms with E-state index in [4.69, 9.17) is 0 Å². The lowest BCUT2D eigenvalue weighted by Gasteiger charge is -2.29. The molecule has 1 heterocycles. The van der Waals surface area contributed by atoms with Crippen LogP contribution in [0, 0.1) is 0 Å². The summed E-state index contributed by atoms with van der Waals surface area (Å²) in [5.41, 5.74) is 1.90. The van der Waals surface area contributed by atoms with Crippen molar-refractivity contribution in [3.05, 3.63) is 60.4 Å². The van der Waals surface area contributed by atoms with Crippen LogP contribution in [0.25, 0.3) is 0 Å². The molecule has 22 heavy (non-hydrogen) atoms. The second-order valence-electron chi connectivity index (χ2n) is 5.72. The van der Waals surface area contributed by atoms with Crippen LogP contribution >= 0.6 is 0 Å². The van der Waals surface area contributed by atoms with Gasteiger partial charge in [0.1, 0.15) is 0 Å². The number of carbonyl (C=O) groups is 1. The van der Waals surface area contributed by atoms with Crippen molar-refractivity contribution in [2.75, 3.05) is 5.32 Å². The van der Waals surface area contributed by atoms with Crippen LogP contribution in [0.3, 0.4) is 0 Å². The Hall–Kier alpha value is -2.36. The number of hydrogen-bond acceptors (Lipinski definition) is 2. The monoisotopic (exact) mass is 295 g/mol. The number of pyridine rings is 1. The van der Waals surface area contributed by atoms with Gasteiger partial charge < -0.3 is 10.2 Å². The van der Waals surface area contributed by atoms with Crippen LogP contribution in [0.5, 0.6) is 0 Å². The van der Waals surface area contributed by atoms with E-state index in [0.717, 1.165) is 24.1 Å². The minimum atomic E-state index is -0.0260. The Morgan fingerprint density at radius 1 is 1.14 bits per heavy atom. The highest BCUT2D eigenvalue weighted by Crippen LogP contribution is 2.25. The van der Waals surface area contributed by atoms with Gasteiger partial charge in [0.2, 0.25) is 0 Å². The first-order valence-electron chi connectivity index (χ1n) is 7.84. The minimum Gasteiger partial charge on any atom is -0.317 e. The fourth-order valence-corrected chi connectivity index (χ4v) is 2.99. The van der Waals surface area contributed by atoms with Crippen LogP contribution in [0.4, 0.5) is 10.5 Å². The standard InChI is InChI=1S/C18H21N3O/c22-18(20-16-8-2-1-3-9-16)21(17-10-4-5-11-17)14-15-7-6-12-19-13-15/h1-3,6-9,12-13,17H,4-5,10-11,14H2,(H,20,22). The van der Waals surface area contributed by atoms with E-state index in [-0.39, 0.29) is 6.03 Å². The smallest absolute Gasteiger partial charge is 0.317 e. The van der Waals surface area contributed by atoms with Crippen molar-refractivity contribution in [1.29, 1.82) is 0 Å². The summed E-state index contributed by atoms with van der Waals surface area (Å²) in [5, 5.41) is 3.01. The molecule has 0 spiro atoms. The summed E-state index contributed by atoms with van der Waals surface area (Å²) in [5.74, 6) is 0. The quantitative estimate of drug-likeness (QED) is 0.924. The molecular formula is C18H21N3O. The van der Waals surface area contributed by atoms with Gasteiger partial charge in [-0.15, -0.1) is 0 Å². The Morgan fingerprint density at radius 2 is 1.91 bits per heavy atom. The molecule has 3 rings (SSSR count). The fraction of sp³-hybridized carbons (Fsp3) is 0.333. The molecule has 4 heteroatoms. The maximum Gasteiger partial charge on any atom is 0.322 e. The second-order valence-corrected chi connectivity index (χ2v) is 5.72. The van der Waals surface area contributed by atoms with Gasteiger partial charge in [-0.25, -0.2) is 4.79 Å². The number of nitrogens with zero attached hydrogens (tertiary/aromatic N) is 2. The number of carbonyl (C=O) groups excluding carboxylic acids is 1. The Labute approximate surface area is 131 Å². The maximum atomic E-state index is 12.7. The number of benzene rings is 1. The molecule has 0 saturated heterocycles. The molecule has 0 aliphatic heterocycles. The van der Waals surface area contributed by atoms with Gasteiger partial charge in [-0.3, -0.25) is 4.98 Å². The van der Waals surface area contributed by atoms with Crippen molar-refractivity contribution in [1.82, 2.24) is 9.88 Å². The van der Waals surface area contributed by atoms with Gasteiger partial charge in [-0.1, -0.05) is 37.1 Å². The molecule has 0 bridgehead atoms. The van der Waals surface area contributed by atoms with Crippen molar-refractivity contribution in [2.45, 2.75) is 38.3 Å². The average molecular weight is 295 g/mol. The lowest BCUT2D eigenvalue weighted by Crippen LogP contribution is -2.41. The molecule has 1 aliphatic rings. The molecule has 1 aliphatic carbocycles. The first-order valence-corrected chi connectivity index (χ1v) is 7.84. The second kappa shape index (κ2) is 7.07. The molecule has 1 fully saturated rings. The van der Waals surface area contributed by atoms with E-state index in [1.165, 1.54) is 12.8 Å². The van der Waals surface area contributed by atoms with E-state index >= 15 is 0 Å². The summed E-state index contributed by atoms with van der Waals surface area (Å²) >= 11 is 0. The molecule has 1 N–H and O–H groups in total. The largest absolute Gasteiger partial charge is 0.322 e. The number of anilines is 1. The van der Waals surface area contributed by atoms with Gasteiger partial charge in [0.25, 0.3) is 0 Å². The number of aromatic nitrogens is 1. The molecule has 114 valence electrons. The summed E-state index contributed by atoms with van der Waals surface area (Å²) in [6.07, 6.45) is 8.16. The minimum absolute atomic E-state index is 0.0260. The Balaban J connectivity index is 1.74. The van der Waals surface area contributed by atoms with Crippen LogP contribution in [0.1, 0.15) is 31.2 Å². The van der Waals surface area contributed by atoms with Crippen molar-refractivity contribution >= 4 is 11.7 Å². The van der Waals surface area contributed by atoms with E-state index < -0.39 is 0 Å². The number of nitrogens with one attached hydrogen (secondary N) is 1. The van der Waals surface area contributed by atoms with Crippen molar-refractivity contribution < 1.29 is 4.79 Å². The third kappa shape index (κ3) is 3.64. The molecule has 4 nitrogen and oxygen atoms in total. The predicted molar refractivity (Wildman–Crippen MR) is 87.5 cm³/mol. The maximum absolute atomic E-state index is 12.7. The number of urea groups is 1. The van der Waals surface area contributed by atoms with Crippen molar-refractivity contribution in [2.24, 2.45) is 0 Å². The summed E-state index contributed by atoms with van der Waals surface area (Å²) in [6, 6.07) is 13.9. The zero-order valence-electron chi connectivity index (χ0n) is 12.6. The van der Waals surface area contributed by atoms with Crippen molar-refractivity contribution in [3.8, 4) is 0 Å². The van der Waals surface area contributed by atoms with Gasteiger partial charge in [-0.2, -0.15) is 0 Å². The highest BCUT2D eigenvalue weighted by atomic mass is 16.2. The van der Waals surface area contributed by atoms with Crippen molar-refractivity contribution in [3.63, 3.8) is 0 Å². The Bertz CT molecular complexity index is 594. The summed E-state index contributed by atoms with van der Waals surface area (Å²) in [4.78, 5) is 18.8. The predicted octanol–water partition coefficient (Wildman–Crippen LogP) is 4.06. The number of para-hydroxylation sites is 1. The van der Waals surface area contributed by atoms with Gasteiger partial charge in [0.15, 0.2) is 0 Å². The van der Waals surface area contributed by atoms with Gasteiger partial charge in [0, 0.05) is 30.7 Å². The first-order chi connectivity index (χ1) is 10.8. The fourth-order valence-electron chi connectivity index (χ4n) is 2.99. The zero-order chi connectivity index (χ0) is 15.2. The van der Waals surface area contributed by atoms with Gasteiger partial charge in [0.05, 0.1) is 0 Å². The van der Waals surface area contributed by atoms with E-state index in [1.807, 2.05) is 53.6 Å². The summed E-state index contributed by atoms with van der Waals surface area (Å²) in [6.45, 7) is 0.608. The molecule has 1 saturated carbocycles. The van der Waals surface area contributed by atoms with Crippen LogP contribution in [0.2, 0.25) is 0 Å².